The van der Waals surface area contributed by atoms with Crippen LogP contribution < -0.4 is 0 Å². The molecule has 0 unspecified atom stereocenters. The van der Waals surface area contributed by atoms with Gasteiger partial charge < -0.3 is 4.74 Å². The maximum Gasteiger partial charge on any atom is 0.331 e. The van der Waals surface area contributed by atoms with Gasteiger partial charge in [-0.25, -0.2) is 9.18 Å². The monoisotopic (exact) mass is 222 g/mol. The molecule has 0 aliphatic carbocycles. The summed E-state index contributed by atoms with van der Waals surface area (Å²) in [5, 5.41) is 0. The number of carbonyl (C=O) groups is 2. The fourth-order valence-corrected chi connectivity index (χ4v) is 1.01. The fourth-order valence-electron chi connectivity index (χ4n) is 1.01. The van der Waals surface area contributed by atoms with Crippen molar-refractivity contribution in [3.05, 3.63) is 42.0 Å². The van der Waals surface area contributed by atoms with Gasteiger partial charge in [0, 0.05) is 6.08 Å². The molecule has 0 amide bonds. The highest BCUT2D eigenvalue weighted by Crippen LogP contribution is 2.01. The van der Waals surface area contributed by atoms with Crippen LogP contribution in [-0.4, -0.2) is 25.0 Å². The quantitative estimate of drug-likeness (QED) is 0.433. The Morgan fingerprint density at radius 2 is 2.06 bits per heavy atom. The summed E-state index contributed by atoms with van der Waals surface area (Å²) >= 11 is 0. The lowest BCUT2D eigenvalue weighted by Gasteiger charge is -2.04. The Balaban J connectivity index is 2.51. The van der Waals surface area contributed by atoms with Crippen LogP contribution in [0.2, 0.25) is 0 Å². The van der Waals surface area contributed by atoms with Crippen LogP contribution in [0.1, 0.15) is 5.56 Å². The first kappa shape index (κ1) is 12.1. The van der Waals surface area contributed by atoms with E-state index in [0.29, 0.717) is 0 Å². The highest BCUT2D eigenvalue weighted by molar-refractivity contribution is 5.88. The Kier molecular flexibility index (Phi) is 4.92. The molecule has 0 saturated carbocycles. The molecule has 84 valence electrons. The highest BCUT2D eigenvalue weighted by atomic mass is 19.1. The molecular weight excluding hydrogens is 211 g/mol. The molecule has 3 nitrogen and oxygen atoms in total. The van der Waals surface area contributed by atoms with Gasteiger partial charge >= 0.3 is 5.97 Å². The zero-order chi connectivity index (χ0) is 11.8. The smallest absolute Gasteiger partial charge is 0.331 e. The Morgan fingerprint density at radius 1 is 1.38 bits per heavy atom. The first-order valence-electron chi connectivity index (χ1n) is 4.71. The van der Waals surface area contributed by atoms with E-state index in [1.807, 2.05) is 18.2 Å². The van der Waals surface area contributed by atoms with E-state index in [4.69, 9.17) is 0 Å². The van der Waals surface area contributed by atoms with Crippen LogP contribution in [0.25, 0.3) is 6.08 Å². The Bertz CT molecular complexity index is 373. The van der Waals surface area contributed by atoms with Gasteiger partial charge in [-0.2, -0.15) is 0 Å². The van der Waals surface area contributed by atoms with Crippen molar-refractivity contribution in [3.8, 4) is 0 Å². The molecule has 0 fully saturated rings. The van der Waals surface area contributed by atoms with Gasteiger partial charge in [0.2, 0.25) is 0 Å². The number of alkyl halides is 1. The fraction of sp³-hybridized carbons (Fsp3) is 0.167. The number of benzene rings is 1. The average Bonchev–Trinajstić information content (AvgIpc) is 2.34. The molecule has 0 aromatic heterocycles. The highest BCUT2D eigenvalue weighted by Gasteiger charge is 2.10. The molecule has 4 heteroatoms. The number of carbonyl (C=O) groups excluding carboxylic acids is 2. The van der Waals surface area contributed by atoms with Crippen LogP contribution >= 0.6 is 0 Å². The third-order valence-electron chi connectivity index (χ3n) is 1.78. The topological polar surface area (TPSA) is 43.4 Å². The van der Waals surface area contributed by atoms with Gasteiger partial charge in [0.1, 0.15) is 6.67 Å². The minimum atomic E-state index is -1.31. The average molecular weight is 222 g/mol. The van der Waals surface area contributed by atoms with E-state index in [1.54, 1.807) is 12.1 Å². The van der Waals surface area contributed by atoms with E-state index in [1.165, 1.54) is 6.08 Å². The molecule has 0 bridgehead atoms. The van der Waals surface area contributed by atoms with Crippen molar-refractivity contribution in [1.82, 2.24) is 0 Å². The van der Waals surface area contributed by atoms with Crippen molar-refractivity contribution >= 4 is 18.3 Å². The second kappa shape index (κ2) is 6.50. The molecular formula is C12H11FO3. The van der Waals surface area contributed by atoms with Gasteiger partial charge in [0.25, 0.3) is 0 Å². The SMILES string of the molecule is O=C[C@@H](CF)OC(=O)/C=C/c1ccccc1. The molecule has 1 atom stereocenters. The number of esters is 1. The summed E-state index contributed by atoms with van der Waals surface area (Å²) < 4.78 is 16.6. The molecule has 0 spiro atoms. The Morgan fingerprint density at radius 3 is 2.62 bits per heavy atom. The molecule has 0 aliphatic rings. The predicted molar refractivity (Wildman–Crippen MR) is 57.4 cm³/mol. The molecule has 1 aromatic rings. The first-order chi connectivity index (χ1) is 7.76. The number of ether oxygens (including phenoxy) is 1. The summed E-state index contributed by atoms with van der Waals surface area (Å²) in [6, 6.07) is 9.09. The third kappa shape index (κ3) is 4.04. The van der Waals surface area contributed by atoms with Crippen LogP contribution in [-0.2, 0) is 14.3 Å². The van der Waals surface area contributed by atoms with Gasteiger partial charge in [-0.1, -0.05) is 30.3 Å². The maximum atomic E-state index is 12.0. The molecule has 0 heterocycles. The van der Waals surface area contributed by atoms with Crippen molar-refractivity contribution in [1.29, 1.82) is 0 Å². The molecule has 0 N–H and O–H groups in total. The number of halogens is 1. The second-order valence-corrected chi connectivity index (χ2v) is 3.01. The summed E-state index contributed by atoms with van der Waals surface area (Å²) in [5.41, 5.74) is 0.822. The molecule has 1 aromatic carbocycles. The molecule has 1 rings (SSSR count). The molecule has 16 heavy (non-hydrogen) atoms. The second-order valence-electron chi connectivity index (χ2n) is 3.01. The lowest BCUT2D eigenvalue weighted by atomic mass is 10.2. The van der Waals surface area contributed by atoms with Crippen LogP contribution in [0.3, 0.4) is 0 Å². The van der Waals surface area contributed by atoms with E-state index < -0.39 is 18.7 Å². The van der Waals surface area contributed by atoms with E-state index >= 15 is 0 Å². The van der Waals surface area contributed by atoms with Crippen LogP contribution in [0.4, 0.5) is 4.39 Å². The zero-order valence-corrected chi connectivity index (χ0v) is 8.51. The standard InChI is InChI=1S/C12H11FO3/c13-8-11(9-14)16-12(15)7-6-10-4-2-1-3-5-10/h1-7,9,11H,8H2/b7-6+/t11-/m1/s1. The third-order valence-corrected chi connectivity index (χ3v) is 1.78. The van der Waals surface area contributed by atoms with E-state index in [9.17, 15) is 14.0 Å². The largest absolute Gasteiger partial charge is 0.449 e. The number of hydrogen-bond donors (Lipinski definition) is 0. The molecule has 0 saturated heterocycles. The lowest BCUT2D eigenvalue weighted by molar-refractivity contribution is -0.147. The molecule has 0 radical (unpaired) electrons. The van der Waals surface area contributed by atoms with Crippen molar-refractivity contribution < 1.29 is 18.7 Å². The minimum Gasteiger partial charge on any atom is -0.449 e. The van der Waals surface area contributed by atoms with Crippen LogP contribution in [0, 0.1) is 0 Å². The molecule has 0 aliphatic heterocycles. The predicted octanol–water partition coefficient (Wildman–Crippen LogP) is 1.78. The summed E-state index contributed by atoms with van der Waals surface area (Å²) in [5.74, 6) is -0.737. The van der Waals surface area contributed by atoms with Crippen molar-refractivity contribution in [2.75, 3.05) is 6.67 Å². The van der Waals surface area contributed by atoms with Crippen LogP contribution in [0.5, 0.6) is 0 Å². The van der Waals surface area contributed by atoms with Crippen molar-refractivity contribution in [2.45, 2.75) is 6.10 Å². The van der Waals surface area contributed by atoms with E-state index in [0.717, 1.165) is 11.6 Å². The van der Waals surface area contributed by atoms with Crippen molar-refractivity contribution in [3.63, 3.8) is 0 Å². The number of rotatable bonds is 5. The van der Waals surface area contributed by atoms with Gasteiger partial charge in [0.15, 0.2) is 12.4 Å². The van der Waals surface area contributed by atoms with E-state index in [2.05, 4.69) is 4.74 Å². The Hall–Kier alpha value is -1.97. The number of aldehydes is 1. The van der Waals surface area contributed by atoms with Gasteiger partial charge in [-0.3, -0.25) is 4.79 Å². The van der Waals surface area contributed by atoms with Gasteiger partial charge in [-0.05, 0) is 11.6 Å². The minimum absolute atomic E-state index is 0.258. The van der Waals surface area contributed by atoms with Gasteiger partial charge in [-0.15, -0.1) is 0 Å². The van der Waals surface area contributed by atoms with E-state index in [-0.39, 0.29) is 6.29 Å². The normalized spacial score (nSPS) is 12.3. The van der Waals surface area contributed by atoms with Crippen LogP contribution in [0.15, 0.2) is 36.4 Å². The summed E-state index contributed by atoms with van der Waals surface area (Å²) in [6.45, 7) is -1.01. The number of hydrogen-bond acceptors (Lipinski definition) is 3. The summed E-state index contributed by atoms with van der Waals surface area (Å²) in [6.07, 6.45) is 1.63. The first-order valence-corrected chi connectivity index (χ1v) is 4.71. The zero-order valence-electron chi connectivity index (χ0n) is 8.51. The van der Waals surface area contributed by atoms with Gasteiger partial charge in [0.05, 0.1) is 0 Å². The maximum absolute atomic E-state index is 12.0. The Labute approximate surface area is 92.5 Å². The summed E-state index contributed by atoms with van der Waals surface area (Å²) in [7, 11) is 0. The lowest BCUT2D eigenvalue weighted by Crippen LogP contribution is -2.20. The summed E-state index contributed by atoms with van der Waals surface area (Å²) in [4.78, 5) is 21.3. The van der Waals surface area contributed by atoms with Crippen molar-refractivity contribution in [2.24, 2.45) is 0 Å².